The number of carbonyl (C=O) groups excluding carboxylic acids is 2. The molecular formula is C26H23N3O4S. The van der Waals surface area contributed by atoms with Gasteiger partial charge in [0.05, 0.1) is 35.3 Å². The first-order valence-electron chi connectivity index (χ1n) is 10.6. The Kier molecular flexibility index (Phi) is 8.50. The van der Waals surface area contributed by atoms with Gasteiger partial charge in [-0.2, -0.15) is 10.5 Å². The summed E-state index contributed by atoms with van der Waals surface area (Å²) >= 11 is 1.55. The molecule has 2 aromatic rings. The fourth-order valence-electron chi connectivity index (χ4n) is 3.67. The molecule has 1 aliphatic heterocycles. The van der Waals surface area contributed by atoms with Gasteiger partial charge in [-0.15, -0.1) is 11.8 Å². The van der Waals surface area contributed by atoms with Crippen LogP contribution in [-0.2, 0) is 19.1 Å². The van der Waals surface area contributed by atoms with E-state index in [4.69, 9.17) is 9.47 Å². The SMILES string of the molecule is CCOC(=O)C1=C(C#N)NC(C)=C(C(=O)OCCSc2ccccc2)C1c1ccccc1C#N. The minimum Gasteiger partial charge on any atom is -0.463 e. The molecule has 0 saturated heterocycles. The monoisotopic (exact) mass is 473 g/mol. The van der Waals surface area contributed by atoms with Crippen LogP contribution in [0.4, 0.5) is 0 Å². The zero-order chi connectivity index (χ0) is 24.5. The molecule has 1 unspecified atom stereocenters. The third-order valence-corrected chi connectivity index (χ3v) is 6.09. The molecule has 0 fully saturated rings. The van der Waals surface area contributed by atoms with E-state index in [-0.39, 0.29) is 35.6 Å². The van der Waals surface area contributed by atoms with E-state index in [0.29, 0.717) is 17.0 Å². The Bertz CT molecular complexity index is 1220. The van der Waals surface area contributed by atoms with Crippen LogP contribution in [0.25, 0.3) is 0 Å². The second-order valence-corrected chi connectivity index (χ2v) is 8.38. The summed E-state index contributed by atoms with van der Waals surface area (Å²) in [5, 5.41) is 22.2. The van der Waals surface area contributed by atoms with E-state index in [1.165, 1.54) is 0 Å². The Morgan fingerprint density at radius 2 is 1.65 bits per heavy atom. The maximum Gasteiger partial charge on any atom is 0.337 e. The van der Waals surface area contributed by atoms with Gasteiger partial charge in [0.25, 0.3) is 0 Å². The summed E-state index contributed by atoms with van der Waals surface area (Å²) < 4.78 is 10.8. The Labute approximate surface area is 202 Å². The van der Waals surface area contributed by atoms with Gasteiger partial charge in [0.2, 0.25) is 0 Å². The van der Waals surface area contributed by atoms with Gasteiger partial charge in [-0.1, -0.05) is 36.4 Å². The molecule has 1 heterocycles. The number of nitrogens with one attached hydrogen (secondary N) is 1. The van der Waals surface area contributed by atoms with Crippen LogP contribution in [-0.4, -0.2) is 30.9 Å². The minimum absolute atomic E-state index is 0.0233. The third-order valence-electron chi connectivity index (χ3n) is 5.11. The number of ether oxygens (including phenoxy) is 2. The van der Waals surface area contributed by atoms with Crippen LogP contribution in [0.1, 0.15) is 30.9 Å². The van der Waals surface area contributed by atoms with Crippen LogP contribution in [0.15, 0.2) is 82.0 Å². The molecule has 0 amide bonds. The second kappa shape index (κ2) is 11.7. The molecule has 2 aromatic carbocycles. The van der Waals surface area contributed by atoms with Gasteiger partial charge < -0.3 is 14.8 Å². The molecule has 34 heavy (non-hydrogen) atoms. The average Bonchev–Trinajstić information content (AvgIpc) is 2.86. The van der Waals surface area contributed by atoms with Crippen molar-refractivity contribution in [1.29, 1.82) is 10.5 Å². The Hall–Kier alpha value is -4.01. The van der Waals surface area contributed by atoms with Crippen molar-refractivity contribution in [2.24, 2.45) is 0 Å². The summed E-state index contributed by atoms with van der Waals surface area (Å²) in [6, 6.07) is 20.5. The predicted molar refractivity (Wildman–Crippen MR) is 127 cm³/mol. The van der Waals surface area contributed by atoms with Crippen LogP contribution in [0, 0.1) is 22.7 Å². The van der Waals surface area contributed by atoms with E-state index in [1.54, 1.807) is 49.9 Å². The molecule has 172 valence electrons. The first-order valence-corrected chi connectivity index (χ1v) is 11.6. The molecule has 8 heteroatoms. The van der Waals surface area contributed by atoms with E-state index in [9.17, 15) is 20.1 Å². The molecular weight excluding hydrogens is 450 g/mol. The Balaban J connectivity index is 1.95. The molecule has 0 spiro atoms. The lowest BCUT2D eigenvalue weighted by atomic mass is 9.78. The predicted octanol–water partition coefficient (Wildman–Crippen LogP) is 4.20. The lowest BCUT2D eigenvalue weighted by Gasteiger charge is -2.29. The van der Waals surface area contributed by atoms with Crippen molar-refractivity contribution >= 4 is 23.7 Å². The molecule has 7 nitrogen and oxygen atoms in total. The molecule has 0 aliphatic carbocycles. The van der Waals surface area contributed by atoms with E-state index < -0.39 is 17.9 Å². The number of hydrogen-bond acceptors (Lipinski definition) is 8. The van der Waals surface area contributed by atoms with E-state index in [2.05, 4.69) is 11.4 Å². The molecule has 3 rings (SSSR count). The van der Waals surface area contributed by atoms with E-state index in [0.717, 1.165) is 4.90 Å². The second-order valence-electron chi connectivity index (χ2n) is 7.21. The quantitative estimate of drug-likeness (QED) is 0.345. The Morgan fingerprint density at radius 1 is 0.971 bits per heavy atom. The fraction of sp³-hybridized carbons (Fsp3) is 0.231. The summed E-state index contributed by atoms with van der Waals surface area (Å²) in [5.41, 5.74) is 1.20. The summed E-state index contributed by atoms with van der Waals surface area (Å²) in [6.45, 7) is 3.52. The fourth-order valence-corrected chi connectivity index (χ4v) is 4.42. The van der Waals surface area contributed by atoms with Gasteiger partial charge >= 0.3 is 11.9 Å². The number of dihydropyridines is 1. The lowest BCUT2D eigenvalue weighted by molar-refractivity contribution is -0.139. The lowest BCUT2D eigenvalue weighted by Crippen LogP contribution is -2.33. The summed E-state index contributed by atoms with van der Waals surface area (Å²) in [6.07, 6.45) is 0. The zero-order valence-corrected chi connectivity index (χ0v) is 19.6. The standard InChI is InChI=1S/C26H23N3O4S/c1-3-32-26(31)24-21(16-28)29-17(2)22(23(24)20-12-8-7-9-18(20)15-27)25(30)33-13-14-34-19-10-5-4-6-11-19/h4-12,23,29H,3,13-14H2,1-2H3. The normalized spacial score (nSPS) is 15.1. The van der Waals surface area contributed by atoms with Crippen LogP contribution >= 0.6 is 11.8 Å². The highest BCUT2D eigenvalue weighted by atomic mass is 32.2. The van der Waals surface area contributed by atoms with Crippen LogP contribution in [0.3, 0.4) is 0 Å². The molecule has 1 aliphatic rings. The van der Waals surface area contributed by atoms with Crippen molar-refractivity contribution in [3.63, 3.8) is 0 Å². The molecule has 1 N–H and O–H groups in total. The average molecular weight is 474 g/mol. The van der Waals surface area contributed by atoms with Crippen molar-refractivity contribution in [1.82, 2.24) is 5.32 Å². The van der Waals surface area contributed by atoms with E-state index >= 15 is 0 Å². The van der Waals surface area contributed by atoms with Crippen molar-refractivity contribution in [3.05, 3.63) is 88.3 Å². The topological polar surface area (TPSA) is 112 Å². The molecule has 0 saturated carbocycles. The number of nitrogens with zero attached hydrogens (tertiary/aromatic N) is 2. The number of hydrogen-bond donors (Lipinski definition) is 1. The summed E-state index contributed by atoms with van der Waals surface area (Å²) in [5.74, 6) is -1.81. The highest BCUT2D eigenvalue weighted by Crippen LogP contribution is 2.40. The van der Waals surface area contributed by atoms with Crippen LogP contribution in [0.2, 0.25) is 0 Å². The number of allylic oxidation sites excluding steroid dienone is 2. The van der Waals surface area contributed by atoms with Crippen molar-refractivity contribution in [2.75, 3.05) is 19.0 Å². The zero-order valence-electron chi connectivity index (χ0n) is 18.8. The highest BCUT2D eigenvalue weighted by molar-refractivity contribution is 7.99. The third kappa shape index (κ3) is 5.48. The number of thioether (sulfide) groups is 1. The number of benzene rings is 2. The van der Waals surface area contributed by atoms with Gasteiger partial charge in [0, 0.05) is 16.3 Å². The molecule has 0 aromatic heterocycles. The smallest absolute Gasteiger partial charge is 0.337 e. The number of esters is 2. The van der Waals surface area contributed by atoms with Crippen LogP contribution < -0.4 is 5.32 Å². The van der Waals surface area contributed by atoms with Gasteiger partial charge in [0.1, 0.15) is 18.4 Å². The van der Waals surface area contributed by atoms with Crippen LogP contribution in [0.5, 0.6) is 0 Å². The molecule has 0 bridgehead atoms. The van der Waals surface area contributed by atoms with Gasteiger partial charge in [0.15, 0.2) is 0 Å². The van der Waals surface area contributed by atoms with Crippen molar-refractivity contribution in [2.45, 2.75) is 24.7 Å². The number of rotatable bonds is 8. The first kappa shape index (κ1) is 24.6. The maximum atomic E-state index is 13.3. The largest absolute Gasteiger partial charge is 0.463 e. The van der Waals surface area contributed by atoms with Gasteiger partial charge in [-0.05, 0) is 37.6 Å². The highest BCUT2D eigenvalue weighted by Gasteiger charge is 2.40. The van der Waals surface area contributed by atoms with Crippen molar-refractivity contribution in [3.8, 4) is 12.1 Å². The van der Waals surface area contributed by atoms with E-state index in [1.807, 2.05) is 36.4 Å². The Morgan fingerprint density at radius 3 is 2.32 bits per heavy atom. The number of nitriles is 2. The van der Waals surface area contributed by atoms with Crippen molar-refractivity contribution < 1.29 is 19.1 Å². The maximum absolute atomic E-state index is 13.3. The summed E-state index contributed by atoms with van der Waals surface area (Å²) in [4.78, 5) is 27.2. The summed E-state index contributed by atoms with van der Waals surface area (Å²) in [7, 11) is 0. The minimum atomic E-state index is -0.986. The number of carbonyl (C=O) groups is 2. The van der Waals surface area contributed by atoms with Gasteiger partial charge in [-0.25, -0.2) is 9.59 Å². The molecule has 0 radical (unpaired) electrons. The first-order chi connectivity index (χ1) is 16.5. The van der Waals surface area contributed by atoms with Gasteiger partial charge in [-0.3, -0.25) is 0 Å². The molecule has 1 atom stereocenters.